The van der Waals surface area contributed by atoms with E-state index in [4.69, 9.17) is 10.7 Å². The third-order valence-corrected chi connectivity index (χ3v) is 4.93. The molecule has 2 N–H and O–H groups in total. The fraction of sp³-hybridized carbons (Fsp3) is 0.421. The molecule has 0 aliphatic carbocycles. The van der Waals surface area contributed by atoms with Gasteiger partial charge in [0.05, 0.1) is 25.7 Å². The summed E-state index contributed by atoms with van der Waals surface area (Å²) in [6, 6.07) is 8.68. The van der Waals surface area contributed by atoms with Gasteiger partial charge in [0.2, 0.25) is 5.91 Å². The number of halogens is 1. The van der Waals surface area contributed by atoms with Crippen molar-refractivity contribution >= 4 is 33.6 Å². The number of rotatable bonds is 4. The topological polar surface area (TPSA) is 96.7 Å². The Morgan fingerprint density at radius 2 is 1.69 bits per heavy atom. The quantitative estimate of drug-likeness (QED) is 0.439. The zero-order chi connectivity index (χ0) is 19.7. The van der Waals surface area contributed by atoms with Crippen LogP contribution in [0.15, 0.2) is 34.3 Å². The second kappa shape index (κ2) is 10.7. The van der Waals surface area contributed by atoms with Crippen LogP contribution in [-0.2, 0) is 9.59 Å². The van der Waals surface area contributed by atoms with Crippen molar-refractivity contribution in [3.05, 3.63) is 45.3 Å². The maximum Gasteiger partial charge on any atom is 0.260 e. The fourth-order valence-electron chi connectivity index (χ4n) is 2.75. The molecule has 0 bridgehead atoms. The summed E-state index contributed by atoms with van der Waals surface area (Å²) in [5.41, 5.74) is 0.475. The number of nitrogens with zero attached hydrogens (tertiary/aromatic N) is 2. The van der Waals surface area contributed by atoms with Crippen LogP contribution < -0.4 is 10.2 Å². The summed E-state index contributed by atoms with van der Waals surface area (Å²) < 4.78 is 0.829. The summed E-state index contributed by atoms with van der Waals surface area (Å²) in [5.74, 6) is -1.50. The molecule has 1 saturated heterocycles. The SMILES string of the molecule is CC[NH+](CC)CC.N#CC1C(=O)NC(=O)C(=C=[N-])C1c1ccc(Br)cc1. The molecular formula is C19H23BrN4O2. The van der Waals surface area contributed by atoms with Gasteiger partial charge < -0.3 is 10.3 Å². The van der Waals surface area contributed by atoms with Crippen LogP contribution in [0.4, 0.5) is 0 Å². The lowest BCUT2D eigenvalue weighted by Crippen LogP contribution is -3.11. The van der Waals surface area contributed by atoms with E-state index in [9.17, 15) is 9.59 Å². The first kappa shape index (κ1) is 21.8. The van der Waals surface area contributed by atoms with E-state index in [0.29, 0.717) is 5.56 Å². The lowest BCUT2D eigenvalue weighted by molar-refractivity contribution is -0.894. The summed E-state index contributed by atoms with van der Waals surface area (Å²) >= 11 is 3.27. The van der Waals surface area contributed by atoms with Crippen molar-refractivity contribution in [3.8, 4) is 6.07 Å². The zero-order valence-electron chi connectivity index (χ0n) is 15.2. The Bertz CT molecular complexity index is 723. The van der Waals surface area contributed by atoms with Crippen molar-refractivity contribution in [3.63, 3.8) is 0 Å². The molecule has 2 unspecified atom stereocenters. The number of carbonyl (C=O) groups is 2. The molecule has 0 saturated carbocycles. The first-order valence-electron chi connectivity index (χ1n) is 8.54. The Morgan fingerprint density at radius 1 is 1.15 bits per heavy atom. The van der Waals surface area contributed by atoms with Crippen molar-refractivity contribution in [2.75, 3.05) is 19.6 Å². The fourth-order valence-corrected chi connectivity index (χ4v) is 3.01. The van der Waals surface area contributed by atoms with Gasteiger partial charge in [0.25, 0.3) is 5.91 Å². The molecule has 1 aliphatic rings. The summed E-state index contributed by atoms with van der Waals surface area (Å²) in [6.45, 7) is 10.5. The first-order chi connectivity index (χ1) is 12.4. The number of piperidine rings is 1. The van der Waals surface area contributed by atoms with E-state index in [-0.39, 0.29) is 5.57 Å². The van der Waals surface area contributed by atoms with Gasteiger partial charge in [-0.1, -0.05) is 28.1 Å². The predicted molar refractivity (Wildman–Crippen MR) is 104 cm³/mol. The minimum absolute atomic E-state index is 0.117. The molecule has 0 radical (unpaired) electrons. The molecule has 1 heterocycles. The number of hydrogen-bond acceptors (Lipinski definition) is 3. The van der Waals surface area contributed by atoms with E-state index in [0.717, 1.165) is 4.47 Å². The summed E-state index contributed by atoms with van der Waals surface area (Å²) in [4.78, 5) is 25.0. The number of hydrogen-bond donors (Lipinski definition) is 2. The molecule has 26 heavy (non-hydrogen) atoms. The minimum Gasteiger partial charge on any atom is -0.763 e. The number of imide groups is 1. The second-order valence-electron chi connectivity index (χ2n) is 5.79. The Hall–Kier alpha value is -2.26. The van der Waals surface area contributed by atoms with E-state index in [1.807, 2.05) is 11.4 Å². The number of quaternary nitrogens is 1. The van der Waals surface area contributed by atoms with Crippen molar-refractivity contribution in [2.45, 2.75) is 26.7 Å². The Morgan fingerprint density at radius 3 is 2.08 bits per heavy atom. The van der Waals surface area contributed by atoms with Crippen molar-refractivity contribution in [1.82, 2.24) is 5.32 Å². The van der Waals surface area contributed by atoms with Gasteiger partial charge in [-0.05, 0) is 38.5 Å². The van der Waals surface area contributed by atoms with Crippen LogP contribution >= 0.6 is 15.9 Å². The first-order valence-corrected chi connectivity index (χ1v) is 9.33. The molecule has 6 nitrogen and oxygen atoms in total. The molecule has 2 amide bonds. The maximum atomic E-state index is 11.7. The van der Waals surface area contributed by atoms with Crippen LogP contribution in [0.3, 0.4) is 0 Å². The van der Waals surface area contributed by atoms with Gasteiger partial charge in [-0.2, -0.15) is 5.26 Å². The molecule has 7 heteroatoms. The smallest absolute Gasteiger partial charge is 0.260 e. The molecule has 1 aliphatic heterocycles. The van der Waals surface area contributed by atoms with Gasteiger partial charge in [0.1, 0.15) is 5.92 Å². The van der Waals surface area contributed by atoms with Crippen molar-refractivity contribution in [2.24, 2.45) is 5.92 Å². The maximum absolute atomic E-state index is 11.7. The Balaban J connectivity index is 0.000000412. The van der Waals surface area contributed by atoms with Crippen LogP contribution in [0, 0.1) is 17.2 Å². The number of benzene rings is 1. The summed E-state index contributed by atoms with van der Waals surface area (Å²) in [7, 11) is 0. The second-order valence-corrected chi connectivity index (χ2v) is 6.71. The van der Waals surface area contributed by atoms with E-state index in [1.54, 1.807) is 35.0 Å². The van der Waals surface area contributed by atoms with Crippen molar-refractivity contribution < 1.29 is 14.5 Å². The highest BCUT2D eigenvalue weighted by atomic mass is 79.9. The third-order valence-electron chi connectivity index (χ3n) is 4.40. The van der Waals surface area contributed by atoms with Crippen LogP contribution in [0.25, 0.3) is 5.41 Å². The number of amides is 2. The van der Waals surface area contributed by atoms with Gasteiger partial charge in [-0.15, -0.1) is 0 Å². The van der Waals surface area contributed by atoms with Crippen LogP contribution in [-0.4, -0.2) is 37.3 Å². The molecule has 2 atom stereocenters. The van der Waals surface area contributed by atoms with Crippen LogP contribution in [0.5, 0.6) is 0 Å². The standard InChI is InChI=1S/C13H7BrN3O2.C6H15N/c14-8-3-1-7(2-4-8)11-9(5-15)12(18)17-13(19)10(11)6-16;1-4-7(5-2)6-3/h1-4,9,11H,(H,17,18,19);4-6H2,1-3H3/q-1;/p+1. The van der Waals surface area contributed by atoms with Gasteiger partial charge in [0, 0.05) is 16.0 Å². The van der Waals surface area contributed by atoms with E-state index >= 15 is 0 Å². The zero-order valence-corrected chi connectivity index (χ0v) is 16.8. The van der Waals surface area contributed by atoms with E-state index < -0.39 is 23.7 Å². The summed E-state index contributed by atoms with van der Waals surface area (Å²) in [6.07, 6.45) is 0. The minimum atomic E-state index is -1.08. The number of nitrogens with one attached hydrogen (secondary N) is 2. The van der Waals surface area contributed by atoms with Crippen LogP contribution in [0.1, 0.15) is 32.3 Å². The van der Waals surface area contributed by atoms with E-state index in [1.165, 1.54) is 19.6 Å². The average Bonchev–Trinajstić information content (AvgIpc) is 2.64. The van der Waals surface area contributed by atoms with Gasteiger partial charge in [-0.3, -0.25) is 20.8 Å². The molecule has 138 valence electrons. The molecule has 1 aromatic carbocycles. The lowest BCUT2D eigenvalue weighted by atomic mass is 9.78. The highest BCUT2D eigenvalue weighted by Gasteiger charge is 2.40. The lowest BCUT2D eigenvalue weighted by Gasteiger charge is -2.28. The molecule has 0 spiro atoms. The average molecular weight is 419 g/mol. The highest BCUT2D eigenvalue weighted by Crippen LogP contribution is 2.34. The Labute approximate surface area is 162 Å². The van der Waals surface area contributed by atoms with Gasteiger partial charge in [0.15, 0.2) is 0 Å². The Kier molecular flexibility index (Phi) is 8.94. The van der Waals surface area contributed by atoms with E-state index in [2.05, 4.69) is 36.7 Å². The third kappa shape index (κ3) is 5.37. The van der Waals surface area contributed by atoms with Gasteiger partial charge >= 0.3 is 0 Å². The monoisotopic (exact) mass is 418 g/mol. The molecular weight excluding hydrogens is 396 g/mol. The number of carbonyl (C=O) groups excluding carboxylic acids is 2. The molecule has 0 aromatic heterocycles. The predicted octanol–water partition coefficient (Wildman–Crippen LogP) is 1.43. The van der Waals surface area contributed by atoms with Gasteiger partial charge in [-0.25, -0.2) is 0 Å². The normalized spacial score (nSPS) is 19.2. The summed E-state index contributed by atoms with van der Waals surface area (Å²) in [5, 5.41) is 20.2. The number of nitriles is 1. The van der Waals surface area contributed by atoms with Crippen LogP contribution in [0.2, 0.25) is 0 Å². The molecule has 1 fully saturated rings. The molecule has 2 rings (SSSR count). The van der Waals surface area contributed by atoms with Crippen molar-refractivity contribution in [1.29, 1.82) is 5.26 Å². The highest BCUT2D eigenvalue weighted by molar-refractivity contribution is 9.10. The largest absolute Gasteiger partial charge is 0.763 e. The molecule has 1 aromatic rings.